The molecule has 3 nitrogen and oxygen atoms in total. The molecule has 3 aromatic rings. The second-order valence-electron chi connectivity index (χ2n) is 5.30. The summed E-state index contributed by atoms with van der Waals surface area (Å²) in [5.74, 6) is 0.580. The lowest BCUT2D eigenvalue weighted by molar-refractivity contribution is 0.630. The number of halogens is 1. The number of imidazole rings is 1. The number of aryl methyl sites for hydroxylation is 1. The van der Waals surface area contributed by atoms with Crippen molar-refractivity contribution in [3.8, 4) is 16.9 Å². The highest BCUT2D eigenvalue weighted by molar-refractivity contribution is 5.86. The van der Waals surface area contributed by atoms with Gasteiger partial charge in [-0.25, -0.2) is 9.37 Å². The topological polar surface area (TPSA) is 30.2 Å². The molecule has 1 aliphatic rings. The predicted octanol–water partition coefficient (Wildman–Crippen LogP) is 3.92. The highest BCUT2D eigenvalue weighted by atomic mass is 19.1. The first-order valence-corrected chi connectivity index (χ1v) is 7.18. The number of hydrogen-bond acceptors (Lipinski definition) is 2. The minimum absolute atomic E-state index is 0.259. The van der Waals surface area contributed by atoms with Gasteiger partial charge in [0.1, 0.15) is 11.6 Å². The smallest absolute Gasteiger partial charge is 0.132 e. The Bertz CT molecular complexity index is 893. The van der Waals surface area contributed by atoms with E-state index in [1.807, 2.05) is 43.5 Å². The Hall–Kier alpha value is -2.75. The Balaban J connectivity index is 2.02. The van der Waals surface area contributed by atoms with Gasteiger partial charge in [-0.15, -0.1) is 0 Å². The first-order valence-electron chi connectivity index (χ1n) is 7.18. The Morgan fingerprint density at radius 1 is 1.05 bits per heavy atom. The third-order valence-corrected chi connectivity index (χ3v) is 3.92. The van der Waals surface area contributed by atoms with Crippen molar-refractivity contribution >= 4 is 6.21 Å². The molecule has 0 N–H and O–H groups in total. The van der Waals surface area contributed by atoms with Gasteiger partial charge in [0.25, 0.3) is 0 Å². The molecular formula is C18H14FN3. The zero-order chi connectivity index (χ0) is 15.1. The summed E-state index contributed by atoms with van der Waals surface area (Å²) >= 11 is 0. The lowest BCUT2D eigenvalue weighted by atomic mass is 10.1. The molecule has 0 atom stereocenters. The standard InChI is InChI=1S/C18H14FN3/c1-12-21-18(14-7-3-4-8-15(14)19)17-11-20-10-13-6-2-5-9-16(13)22(12)17/h2-10H,11H2,1H3. The van der Waals surface area contributed by atoms with Crippen molar-refractivity contribution in [1.29, 1.82) is 0 Å². The molecule has 2 aromatic carbocycles. The van der Waals surface area contributed by atoms with Gasteiger partial charge >= 0.3 is 0 Å². The van der Waals surface area contributed by atoms with E-state index in [0.29, 0.717) is 17.8 Å². The van der Waals surface area contributed by atoms with E-state index in [0.717, 1.165) is 22.8 Å². The van der Waals surface area contributed by atoms with E-state index in [4.69, 9.17) is 0 Å². The number of benzene rings is 2. The number of hydrogen-bond donors (Lipinski definition) is 0. The Labute approximate surface area is 127 Å². The molecule has 0 unspecified atom stereocenters. The summed E-state index contributed by atoms with van der Waals surface area (Å²) in [6.07, 6.45) is 1.87. The zero-order valence-electron chi connectivity index (χ0n) is 12.1. The number of aliphatic imine (C=N–C) groups is 1. The summed E-state index contributed by atoms with van der Waals surface area (Å²) in [6, 6.07) is 14.8. The van der Waals surface area contributed by atoms with Gasteiger partial charge < -0.3 is 0 Å². The molecule has 0 saturated carbocycles. The second kappa shape index (κ2) is 4.91. The van der Waals surface area contributed by atoms with E-state index in [2.05, 4.69) is 14.5 Å². The van der Waals surface area contributed by atoms with Crippen molar-refractivity contribution in [2.75, 3.05) is 0 Å². The van der Waals surface area contributed by atoms with Crippen LogP contribution < -0.4 is 0 Å². The fourth-order valence-electron chi connectivity index (χ4n) is 2.94. The van der Waals surface area contributed by atoms with Gasteiger partial charge in [-0.3, -0.25) is 9.56 Å². The van der Waals surface area contributed by atoms with Gasteiger partial charge in [0, 0.05) is 17.3 Å². The lowest BCUT2D eigenvalue weighted by Crippen LogP contribution is -2.03. The fraction of sp³-hybridized carbons (Fsp3) is 0.111. The molecule has 22 heavy (non-hydrogen) atoms. The van der Waals surface area contributed by atoms with Crippen LogP contribution in [0.15, 0.2) is 53.5 Å². The summed E-state index contributed by atoms with van der Waals surface area (Å²) in [4.78, 5) is 9.09. The second-order valence-corrected chi connectivity index (χ2v) is 5.30. The summed E-state index contributed by atoms with van der Waals surface area (Å²) in [5.41, 5.74) is 4.19. The molecule has 1 aliphatic heterocycles. The molecule has 108 valence electrons. The summed E-state index contributed by atoms with van der Waals surface area (Å²) in [5, 5.41) is 0. The van der Waals surface area contributed by atoms with Crippen molar-refractivity contribution in [2.24, 2.45) is 4.99 Å². The van der Waals surface area contributed by atoms with E-state index in [1.165, 1.54) is 6.07 Å². The Morgan fingerprint density at radius 2 is 1.82 bits per heavy atom. The van der Waals surface area contributed by atoms with Gasteiger partial charge in [0.15, 0.2) is 0 Å². The third kappa shape index (κ3) is 1.88. The van der Waals surface area contributed by atoms with Crippen molar-refractivity contribution in [2.45, 2.75) is 13.5 Å². The maximum absolute atomic E-state index is 14.2. The van der Waals surface area contributed by atoms with Crippen LogP contribution in [-0.4, -0.2) is 15.8 Å². The molecule has 4 heteroatoms. The fourth-order valence-corrected chi connectivity index (χ4v) is 2.94. The molecule has 4 rings (SSSR count). The summed E-state index contributed by atoms with van der Waals surface area (Å²) in [6.45, 7) is 2.43. The average Bonchev–Trinajstić information content (AvgIpc) is 2.74. The van der Waals surface area contributed by atoms with Crippen molar-refractivity contribution in [3.63, 3.8) is 0 Å². The zero-order valence-corrected chi connectivity index (χ0v) is 12.1. The van der Waals surface area contributed by atoms with Crippen LogP contribution in [0.1, 0.15) is 17.1 Å². The van der Waals surface area contributed by atoms with E-state index < -0.39 is 0 Å². The molecule has 0 amide bonds. The minimum Gasteiger partial charge on any atom is -0.298 e. The first kappa shape index (κ1) is 13.0. The van der Waals surface area contributed by atoms with Gasteiger partial charge in [0.05, 0.1) is 23.6 Å². The van der Waals surface area contributed by atoms with Crippen LogP contribution in [0, 0.1) is 12.7 Å². The number of rotatable bonds is 1. The average molecular weight is 291 g/mol. The number of fused-ring (bicyclic) bond motifs is 3. The molecule has 1 aromatic heterocycles. The van der Waals surface area contributed by atoms with Crippen LogP contribution >= 0.6 is 0 Å². The van der Waals surface area contributed by atoms with E-state index in [1.54, 1.807) is 12.1 Å². The molecule has 0 spiro atoms. The number of nitrogens with zero attached hydrogens (tertiary/aromatic N) is 3. The molecule has 0 radical (unpaired) electrons. The molecular weight excluding hydrogens is 277 g/mol. The summed E-state index contributed by atoms with van der Waals surface area (Å²) in [7, 11) is 0. The van der Waals surface area contributed by atoms with E-state index in [-0.39, 0.29) is 5.82 Å². The van der Waals surface area contributed by atoms with Gasteiger partial charge in [-0.1, -0.05) is 30.3 Å². The first-order chi connectivity index (χ1) is 10.8. The minimum atomic E-state index is -0.259. The predicted molar refractivity (Wildman–Crippen MR) is 85.0 cm³/mol. The van der Waals surface area contributed by atoms with Crippen LogP contribution in [0.2, 0.25) is 0 Å². The van der Waals surface area contributed by atoms with Gasteiger partial charge in [0.2, 0.25) is 0 Å². The highest BCUT2D eigenvalue weighted by Crippen LogP contribution is 2.31. The van der Waals surface area contributed by atoms with Crippen LogP contribution in [-0.2, 0) is 6.54 Å². The molecule has 0 aliphatic carbocycles. The molecule has 0 saturated heterocycles. The highest BCUT2D eigenvalue weighted by Gasteiger charge is 2.21. The van der Waals surface area contributed by atoms with Gasteiger partial charge in [-0.2, -0.15) is 0 Å². The monoisotopic (exact) mass is 291 g/mol. The van der Waals surface area contributed by atoms with Crippen LogP contribution in [0.5, 0.6) is 0 Å². The summed E-state index contributed by atoms with van der Waals surface area (Å²) < 4.78 is 16.2. The molecule has 0 bridgehead atoms. The van der Waals surface area contributed by atoms with E-state index >= 15 is 0 Å². The Kier molecular flexibility index (Phi) is 2.89. The SMILES string of the molecule is Cc1nc(-c2ccccc2F)c2n1-c1ccccc1C=NC2. The normalized spacial score (nSPS) is 12.6. The molecule has 0 fully saturated rings. The van der Waals surface area contributed by atoms with Crippen LogP contribution in [0.4, 0.5) is 4.39 Å². The quantitative estimate of drug-likeness (QED) is 0.668. The van der Waals surface area contributed by atoms with Crippen LogP contribution in [0.25, 0.3) is 16.9 Å². The maximum atomic E-state index is 14.2. The van der Waals surface area contributed by atoms with Crippen molar-refractivity contribution in [3.05, 3.63) is 71.4 Å². The number of aromatic nitrogens is 2. The third-order valence-electron chi connectivity index (χ3n) is 3.92. The molecule has 2 heterocycles. The van der Waals surface area contributed by atoms with Crippen molar-refractivity contribution < 1.29 is 4.39 Å². The van der Waals surface area contributed by atoms with Gasteiger partial charge in [-0.05, 0) is 25.1 Å². The largest absolute Gasteiger partial charge is 0.298 e. The maximum Gasteiger partial charge on any atom is 0.132 e. The van der Waals surface area contributed by atoms with E-state index in [9.17, 15) is 4.39 Å². The van der Waals surface area contributed by atoms with Crippen molar-refractivity contribution in [1.82, 2.24) is 9.55 Å². The Morgan fingerprint density at radius 3 is 2.68 bits per heavy atom. The van der Waals surface area contributed by atoms with Crippen LogP contribution in [0.3, 0.4) is 0 Å². The number of para-hydroxylation sites is 1. The lowest BCUT2D eigenvalue weighted by Gasteiger charge is -2.10.